The molecule has 0 aliphatic carbocycles. The summed E-state index contributed by atoms with van der Waals surface area (Å²) in [5.41, 5.74) is 0. The molecule has 0 fully saturated rings. The Labute approximate surface area is 71.1 Å². The first-order valence-electron chi connectivity index (χ1n) is 2.12. The monoisotopic (exact) mass is 243 g/mol. The smallest absolute Gasteiger partial charge is 0.301 e. The van der Waals surface area contributed by atoms with Gasteiger partial charge in [-0.1, -0.05) is 11.3 Å². The normalized spacial score (nSPS) is 10.2. The number of nitrogens with zero attached hydrogens (tertiary/aromatic N) is 1. The van der Waals surface area contributed by atoms with Crippen LogP contribution in [0.15, 0.2) is 9.98 Å². The lowest BCUT2D eigenvalue weighted by Gasteiger charge is -1.84. The van der Waals surface area contributed by atoms with Crippen molar-refractivity contribution < 1.29 is 12.6 Å². The Hall–Kier alpha value is -0.140. The summed E-state index contributed by atoms with van der Waals surface area (Å²) in [6.07, 6.45) is 0. The molecule has 4 nitrogen and oxygen atoms in total. The van der Waals surface area contributed by atoms with Crippen LogP contribution in [-0.2, 0) is 11.0 Å². The third-order valence-corrected chi connectivity index (χ3v) is 2.48. The molecule has 7 heteroatoms. The van der Waals surface area contributed by atoms with E-state index in [1.54, 1.807) is 5.38 Å². The minimum atomic E-state index is -2.84. The highest BCUT2D eigenvalue weighted by atomic mass is 79.9. The third kappa shape index (κ3) is 2.24. The Morgan fingerprint density at radius 3 is 2.80 bits per heavy atom. The predicted octanol–water partition coefficient (Wildman–Crippen LogP) is 0.811. The van der Waals surface area contributed by atoms with E-state index in [2.05, 4.69) is 25.1 Å². The molecule has 56 valence electrons. The van der Waals surface area contributed by atoms with Crippen molar-refractivity contribution in [2.24, 2.45) is 0 Å². The summed E-state index contributed by atoms with van der Waals surface area (Å²) < 4.78 is 24.7. The first-order valence-corrected chi connectivity index (χ1v) is 4.88. The van der Waals surface area contributed by atoms with Crippen LogP contribution in [0.5, 0.6) is 5.19 Å². The van der Waals surface area contributed by atoms with Crippen LogP contribution in [0.1, 0.15) is 0 Å². The van der Waals surface area contributed by atoms with Gasteiger partial charge in [0.2, 0.25) is 0 Å². The van der Waals surface area contributed by atoms with Crippen LogP contribution < -0.4 is 4.18 Å². The Balaban J connectivity index is 2.76. The highest BCUT2D eigenvalue weighted by molar-refractivity contribution is 9.10. The summed E-state index contributed by atoms with van der Waals surface area (Å²) in [5, 5.41) is 1.76. The molecule has 0 saturated carbocycles. The zero-order chi connectivity index (χ0) is 7.56. The molecular weight excluding hydrogens is 242 g/mol. The average Bonchev–Trinajstić information content (AvgIpc) is 2.13. The van der Waals surface area contributed by atoms with E-state index in [0.29, 0.717) is 4.60 Å². The number of hydrogen-bond acceptors (Lipinski definition) is 5. The summed E-state index contributed by atoms with van der Waals surface area (Å²) in [5.74, 6) is 0. The zero-order valence-electron chi connectivity index (χ0n) is 4.48. The van der Waals surface area contributed by atoms with E-state index in [0.717, 1.165) is 11.3 Å². The van der Waals surface area contributed by atoms with Gasteiger partial charge in [0.25, 0.3) is 5.19 Å². The van der Waals surface area contributed by atoms with Crippen molar-refractivity contribution in [2.45, 2.75) is 0 Å². The molecule has 0 atom stereocenters. The van der Waals surface area contributed by atoms with Gasteiger partial charge >= 0.3 is 11.0 Å². The topological polar surface area (TPSA) is 56.3 Å². The molecule has 1 heterocycles. The lowest BCUT2D eigenvalue weighted by atomic mass is 11.0. The van der Waals surface area contributed by atoms with Gasteiger partial charge in [-0.2, -0.15) is 13.4 Å². The van der Waals surface area contributed by atoms with Crippen molar-refractivity contribution in [2.75, 3.05) is 0 Å². The van der Waals surface area contributed by atoms with Crippen LogP contribution in [0.4, 0.5) is 0 Å². The Morgan fingerprint density at radius 1 is 1.70 bits per heavy atom. The number of thiol groups is 1. The van der Waals surface area contributed by atoms with Gasteiger partial charge in [-0.05, 0) is 15.9 Å². The standard InChI is InChI=1S/C3H2BrNO3S2/c4-2-1-9-3(5-2)8-10(6)7/h1,10H. The molecule has 0 radical (unpaired) electrons. The van der Waals surface area contributed by atoms with Crippen LogP contribution in [-0.4, -0.2) is 13.4 Å². The maximum absolute atomic E-state index is 9.94. The number of aromatic nitrogens is 1. The molecule has 0 bridgehead atoms. The molecule has 1 aromatic heterocycles. The zero-order valence-corrected chi connectivity index (χ0v) is 7.78. The molecule has 1 rings (SSSR count). The fourth-order valence-electron chi connectivity index (χ4n) is 0.345. The molecule has 0 aliphatic heterocycles. The van der Waals surface area contributed by atoms with Gasteiger partial charge in [0.1, 0.15) is 4.60 Å². The molecule has 0 saturated heterocycles. The average molecular weight is 244 g/mol. The summed E-state index contributed by atoms with van der Waals surface area (Å²) in [6, 6.07) is 0. The molecule has 0 aromatic carbocycles. The number of halogens is 1. The van der Waals surface area contributed by atoms with Crippen LogP contribution in [0, 0.1) is 0 Å². The maximum Gasteiger partial charge on any atom is 0.301 e. The van der Waals surface area contributed by atoms with Gasteiger partial charge in [-0.15, -0.1) is 0 Å². The second-order valence-corrected chi connectivity index (χ2v) is 3.51. The SMILES string of the molecule is O=[SH](=O)Oc1nc(Br)cs1. The number of hydrogen-bond donors (Lipinski definition) is 1. The largest absolute Gasteiger partial charge is 0.353 e. The quantitative estimate of drug-likeness (QED) is 0.782. The second kappa shape index (κ2) is 3.31. The fraction of sp³-hybridized carbons (Fsp3) is 0. The highest BCUT2D eigenvalue weighted by Crippen LogP contribution is 2.21. The lowest BCUT2D eigenvalue weighted by Crippen LogP contribution is -1.87. The minimum absolute atomic E-state index is 0.128. The van der Waals surface area contributed by atoms with E-state index < -0.39 is 11.0 Å². The Kier molecular flexibility index (Phi) is 2.64. The molecule has 0 N–H and O–H groups in total. The fourth-order valence-corrected chi connectivity index (χ4v) is 1.83. The van der Waals surface area contributed by atoms with Crippen LogP contribution >= 0.6 is 27.3 Å². The van der Waals surface area contributed by atoms with Crippen molar-refractivity contribution in [1.29, 1.82) is 0 Å². The lowest BCUT2D eigenvalue weighted by molar-refractivity contribution is 0.508. The van der Waals surface area contributed by atoms with Gasteiger partial charge in [0.05, 0.1) is 0 Å². The van der Waals surface area contributed by atoms with Gasteiger partial charge in [-0.25, -0.2) is 0 Å². The van der Waals surface area contributed by atoms with Crippen LogP contribution in [0.3, 0.4) is 0 Å². The minimum Gasteiger partial charge on any atom is -0.353 e. The molecule has 0 amide bonds. The Morgan fingerprint density at radius 2 is 2.40 bits per heavy atom. The summed E-state index contributed by atoms with van der Waals surface area (Å²) in [7, 11) is -2.84. The molecule has 10 heavy (non-hydrogen) atoms. The third-order valence-electron chi connectivity index (χ3n) is 0.608. The summed E-state index contributed by atoms with van der Waals surface area (Å²) >= 11 is 4.16. The number of rotatable bonds is 2. The maximum atomic E-state index is 9.94. The summed E-state index contributed by atoms with van der Waals surface area (Å²) in [4.78, 5) is 3.68. The number of thiazole rings is 1. The highest BCUT2D eigenvalue weighted by Gasteiger charge is 1.99. The molecule has 0 spiro atoms. The molecule has 0 unspecified atom stereocenters. The van der Waals surface area contributed by atoms with E-state index in [9.17, 15) is 8.42 Å². The van der Waals surface area contributed by atoms with E-state index in [1.165, 1.54) is 0 Å². The van der Waals surface area contributed by atoms with Crippen LogP contribution in [0.2, 0.25) is 0 Å². The van der Waals surface area contributed by atoms with Gasteiger partial charge < -0.3 is 4.18 Å². The van der Waals surface area contributed by atoms with E-state index in [-0.39, 0.29) is 5.19 Å². The predicted molar refractivity (Wildman–Crippen MR) is 40.8 cm³/mol. The first-order chi connectivity index (χ1) is 4.68. The van der Waals surface area contributed by atoms with Crippen molar-refractivity contribution in [3.63, 3.8) is 0 Å². The molecule has 0 aliphatic rings. The summed E-state index contributed by atoms with van der Waals surface area (Å²) in [6.45, 7) is 0. The van der Waals surface area contributed by atoms with Crippen LogP contribution in [0.25, 0.3) is 0 Å². The van der Waals surface area contributed by atoms with E-state index in [1.807, 2.05) is 0 Å². The van der Waals surface area contributed by atoms with Gasteiger partial charge in [-0.3, -0.25) is 0 Å². The molecule has 1 aromatic rings. The van der Waals surface area contributed by atoms with Gasteiger partial charge in [0.15, 0.2) is 0 Å². The second-order valence-electron chi connectivity index (χ2n) is 1.25. The molecular formula is C3H2BrNO3S2. The van der Waals surface area contributed by atoms with Gasteiger partial charge in [0, 0.05) is 5.38 Å². The Bertz CT molecular complexity index is 286. The van der Waals surface area contributed by atoms with Crippen molar-refractivity contribution in [1.82, 2.24) is 4.98 Å². The van der Waals surface area contributed by atoms with E-state index in [4.69, 9.17) is 0 Å². The first kappa shape index (κ1) is 7.96. The van der Waals surface area contributed by atoms with E-state index >= 15 is 0 Å². The van der Waals surface area contributed by atoms with Crippen molar-refractivity contribution in [3.05, 3.63) is 9.98 Å². The van der Waals surface area contributed by atoms with Crippen molar-refractivity contribution in [3.8, 4) is 5.19 Å². The van der Waals surface area contributed by atoms with Crippen molar-refractivity contribution >= 4 is 38.3 Å².